The zero-order valence-corrected chi connectivity index (χ0v) is 21.7. The number of thiophene rings is 1. The van der Waals surface area contributed by atoms with E-state index in [1.54, 1.807) is 19.1 Å². The first-order valence-corrected chi connectivity index (χ1v) is 12.5. The molecule has 12 heteroatoms. The van der Waals surface area contributed by atoms with Gasteiger partial charge in [0.25, 0.3) is 0 Å². The van der Waals surface area contributed by atoms with Crippen molar-refractivity contribution in [2.45, 2.75) is 32.1 Å². The van der Waals surface area contributed by atoms with Gasteiger partial charge in [-0.2, -0.15) is 23.5 Å². The molecule has 0 spiro atoms. The van der Waals surface area contributed by atoms with E-state index in [1.807, 2.05) is 19.0 Å². The molecule has 3 heterocycles. The van der Waals surface area contributed by atoms with Crippen LogP contribution in [0, 0.1) is 17.1 Å². The minimum Gasteiger partial charge on any atom is -0.505 e. The van der Waals surface area contributed by atoms with E-state index in [1.165, 1.54) is 28.4 Å². The molecule has 0 bridgehead atoms. The maximum Gasteiger partial charge on any atom is 0.435 e. The molecule has 1 N–H and O–H groups in total. The van der Waals surface area contributed by atoms with Crippen molar-refractivity contribution in [3.05, 3.63) is 68.9 Å². The van der Waals surface area contributed by atoms with Gasteiger partial charge in [-0.25, -0.2) is 4.39 Å². The third kappa shape index (κ3) is 5.30. The van der Waals surface area contributed by atoms with Crippen LogP contribution in [0.25, 0.3) is 11.1 Å². The van der Waals surface area contributed by atoms with E-state index < -0.39 is 40.5 Å². The number of hydrogen-bond acceptors (Lipinski definition) is 6. The fourth-order valence-corrected chi connectivity index (χ4v) is 5.53. The molecule has 1 aliphatic rings. The molecule has 0 aliphatic carbocycles. The summed E-state index contributed by atoms with van der Waals surface area (Å²) in [6.45, 7) is 2.50. The Balaban J connectivity index is 1.89. The molecule has 1 aliphatic heterocycles. The Morgan fingerprint density at radius 1 is 1.34 bits per heavy atom. The van der Waals surface area contributed by atoms with Gasteiger partial charge in [0.1, 0.15) is 10.9 Å². The number of likely N-dealkylation sites (N-methyl/N-ethyl adjacent to an activating group) is 1. The lowest BCUT2D eigenvalue weighted by atomic mass is 9.83. The number of aromatic hydroxyl groups is 1. The molecule has 2 aromatic heterocycles. The Labute approximate surface area is 220 Å². The van der Waals surface area contributed by atoms with Crippen LogP contribution in [0.2, 0.25) is 0 Å². The highest BCUT2D eigenvalue weighted by Crippen LogP contribution is 2.46. The molecular weight excluding hydrogens is 522 g/mol. The number of benzene rings is 1. The number of phenols is 1. The van der Waals surface area contributed by atoms with Crippen LogP contribution in [-0.4, -0.2) is 57.8 Å². The first-order valence-electron chi connectivity index (χ1n) is 11.7. The SMILES string of the molecule is CCn1cc(-c2c([C@@H]3CN(C(=O)/C=C/CN(C)C)Cc4sc(C#N)cc43)ccc(O)c2F)c(C(F)(F)F)n1. The standard InChI is InChI=1S/C26H25F4N5O2S/c1-4-35-13-19(25(32-35)26(28,29)30)23-16(7-8-20(36)24(23)27)18-12-34(22(37)6-5-9-33(2)3)14-21-17(18)10-15(11-31)38-21/h5-8,10,13,18,36H,4,9,12,14H2,1-3H3/b6-5+/t18-/m0/s1. The van der Waals surface area contributed by atoms with Gasteiger partial charge in [-0.1, -0.05) is 12.1 Å². The Morgan fingerprint density at radius 2 is 2.08 bits per heavy atom. The quantitative estimate of drug-likeness (QED) is 0.349. The topological polar surface area (TPSA) is 85.4 Å². The van der Waals surface area contributed by atoms with E-state index in [0.717, 1.165) is 16.9 Å². The van der Waals surface area contributed by atoms with Gasteiger partial charge in [-0.15, -0.1) is 11.3 Å². The maximum atomic E-state index is 15.5. The molecule has 1 aromatic carbocycles. The largest absolute Gasteiger partial charge is 0.505 e. The number of halogens is 4. The molecule has 0 unspecified atom stereocenters. The summed E-state index contributed by atoms with van der Waals surface area (Å²) in [7, 11) is 3.70. The molecule has 0 radical (unpaired) electrons. The van der Waals surface area contributed by atoms with E-state index in [2.05, 4.69) is 11.2 Å². The number of nitrogens with zero attached hydrogens (tertiary/aromatic N) is 5. The number of aryl methyl sites for hydroxylation is 1. The molecule has 3 aromatic rings. The van der Waals surface area contributed by atoms with E-state index in [0.29, 0.717) is 21.9 Å². The van der Waals surface area contributed by atoms with Gasteiger partial charge in [0.15, 0.2) is 17.3 Å². The van der Waals surface area contributed by atoms with Gasteiger partial charge >= 0.3 is 6.18 Å². The molecule has 200 valence electrons. The molecule has 0 saturated carbocycles. The minimum absolute atomic E-state index is 0.0419. The number of hydrogen-bond donors (Lipinski definition) is 1. The highest BCUT2D eigenvalue weighted by Gasteiger charge is 2.40. The van der Waals surface area contributed by atoms with E-state index in [4.69, 9.17) is 0 Å². The van der Waals surface area contributed by atoms with Gasteiger partial charge in [0, 0.05) is 53.8 Å². The predicted molar refractivity (Wildman–Crippen MR) is 134 cm³/mol. The molecule has 38 heavy (non-hydrogen) atoms. The second-order valence-corrected chi connectivity index (χ2v) is 10.3. The van der Waals surface area contributed by atoms with Crippen LogP contribution >= 0.6 is 11.3 Å². The summed E-state index contributed by atoms with van der Waals surface area (Å²) in [4.78, 5) is 17.5. The summed E-state index contributed by atoms with van der Waals surface area (Å²) >= 11 is 1.18. The normalized spacial score (nSPS) is 15.8. The average Bonchev–Trinajstić information content (AvgIpc) is 3.48. The summed E-state index contributed by atoms with van der Waals surface area (Å²) in [6.07, 6.45) is -0.651. The number of carbonyl (C=O) groups excluding carboxylic acids is 1. The maximum absolute atomic E-state index is 15.5. The van der Waals surface area contributed by atoms with Crippen molar-refractivity contribution in [1.82, 2.24) is 19.6 Å². The zero-order valence-electron chi connectivity index (χ0n) is 20.9. The number of carbonyl (C=O) groups is 1. The Hall–Kier alpha value is -3.69. The lowest BCUT2D eigenvalue weighted by Crippen LogP contribution is -2.37. The first kappa shape index (κ1) is 27.3. The summed E-state index contributed by atoms with van der Waals surface area (Å²) in [5.41, 5.74) is -1.43. The monoisotopic (exact) mass is 547 g/mol. The van der Waals surface area contributed by atoms with Crippen molar-refractivity contribution in [3.63, 3.8) is 0 Å². The molecule has 0 saturated heterocycles. The number of amides is 1. The van der Waals surface area contributed by atoms with Crippen molar-refractivity contribution in [2.24, 2.45) is 0 Å². The van der Waals surface area contributed by atoms with Crippen LogP contribution in [0.3, 0.4) is 0 Å². The number of nitriles is 1. The smallest absolute Gasteiger partial charge is 0.435 e. The van der Waals surface area contributed by atoms with E-state index >= 15 is 4.39 Å². The van der Waals surface area contributed by atoms with Crippen LogP contribution in [0.15, 0.2) is 36.5 Å². The van der Waals surface area contributed by atoms with Crippen molar-refractivity contribution < 1.29 is 27.5 Å². The summed E-state index contributed by atoms with van der Waals surface area (Å²) in [6, 6.07) is 6.15. The van der Waals surface area contributed by atoms with E-state index in [-0.39, 0.29) is 31.1 Å². The van der Waals surface area contributed by atoms with Crippen LogP contribution in [0.5, 0.6) is 5.75 Å². The average molecular weight is 548 g/mol. The van der Waals surface area contributed by atoms with Crippen LogP contribution < -0.4 is 0 Å². The second-order valence-electron chi connectivity index (χ2n) is 9.14. The zero-order chi connectivity index (χ0) is 27.8. The minimum atomic E-state index is -4.88. The molecule has 7 nitrogen and oxygen atoms in total. The van der Waals surface area contributed by atoms with Gasteiger partial charge < -0.3 is 14.9 Å². The lowest BCUT2D eigenvalue weighted by Gasteiger charge is -2.33. The fourth-order valence-electron chi connectivity index (χ4n) is 4.50. The summed E-state index contributed by atoms with van der Waals surface area (Å²) in [5.74, 6) is -3.08. The number of rotatable bonds is 6. The van der Waals surface area contributed by atoms with Crippen molar-refractivity contribution in [1.29, 1.82) is 5.26 Å². The highest BCUT2D eigenvalue weighted by atomic mass is 32.1. The number of alkyl halides is 3. The van der Waals surface area contributed by atoms with Crippen LogP contribution in [-0.2, 0) is 24.1 Å². The number of aromatic nitrogens is 2. The molecule has 4 rings (SSSR count). The van der Waals surface area contributed by atoms with Crippen LogP contribution in [0.4, 0.5) is 17.6 Å². The Bertz CT molecular complexity index is 1430. The fraction of sp³-hybridized carbons (Fsp3) is 0.346. The van der Waals surface area contributed by atoms with E-state index in [9.17, 15) is 28.3 Å². The third-order valence-corrected chi connectivity index (χ3v) is 7.30. The summed E-state index contributed by atoms with van der Waals surface area (Å²) in [5, 5.41) is 23.3. The molecular formula is C26H25F4N5O2S. The van der Waals surface area contributed by atoms with Crippen LogP contribution in [0.1, 0.15) is 39.4 Å². The third-order valence-electron chi connectivity index (χ3n) is 6.26. The van der Waals surface area contributed by atoms with Crippen molar-refractivity contribution >= 4 is 17.2 Å². The Kier molecular flexibility index (Phi) is 7.62. The van der Waals surface area contributed by atoms with Gasteiger partial charge in [-0.05, 0) is 44.3 Å². The first-order chi connectivity index (χ1) is 17.9. The second kappa shape index (κ2) is 10.6. The van der Waals surface area contributed by atoms with Crippen molar-refractivity contribution in [2.75, 3.05) is 27.2 Å². The van der Waals surface area contributed by atoms with Gasteiger partial charge in [-0.3, -0.25) is 9.48 Å². The summed E-state index contributed by atoms with van der Waals surface area (Å²) < 4.78 is 58.5. The lowest BCUT2D eigenvalue weighted by molar-refractivity contribution is -0.141. The van der Waals surface area contributed by atoms with Gasteiger partial charge in [0.05, 0.1) is 6.54 Å². The number of phenolic OH excluding ortho intramolecular Hbond substituents is 1. The van der Waals surface area contributed by atoms with Crippen molar-refractivity contribution in [3.8, 4) is 22.9 Å². The highest BCUT2D eigenvalue weighted by molar-refractivity contribution is 7.12. The predicted octanol–water partition coefficient (Wildman–Crippen LogP) is 4.96. The van der Waals surface area contributed by atoms with Gasteiger partial charge in [0.2, 0.25) is 5.91 Å². The molecule has 0 fully saturated rings. The number of fused-ring (bicyclic) bond motifs is 1. The molecule has 1 atom stereocenters. The Morgan fingerprint density at radius 3 is 2.71 bits per heavy atom. The molecule has 1 amide bonds.